The lowest BCUT2D eigenvalue weighted by molar-refractivity contribution is -0.121. The smallest absolute Gasteiger partial charge is 0.220 e. The standard InChI is InChI=1S/C16H23N3O/c1-2-3-4-5-6-11-16(20)17-12-15-18-13-9-7-8-10-14(13)19-15/h7-10H,2-6,11-12H2,1H3,(H,17,20)(H,18,19). The Kier molecular flexibility index (Phi) is 5.59. The third-order valence-corrected chi connectivity index (χ3v) is 3.40. The van der Waals surface area contributed by atoms with Crippen LogP contribution in [0.25, 0.3) is 11.0 Å². The Balaban J connectivity index is 1.70. The Hall–Kier alpha value is -1.84. The summed E-state index contributed by atoms with van der Waals surface area (Å²) in [5.41, 5.74) is 1.95. The van der Waals surface area contributed by atoms with Crippen molar-refractivity contribution in [2.24, 2.45) is 0 Å². The van der Waals surface area contributed by atoms with Crippen molar-refractivity contribution in [1.82, 2.24) is 15.3 Å². The molecule has 1 aromatic heterocycles. The number of fused-ring (bicyclic) bond motifs is 1. The number of nitrogens with zero attached hydrogens (tertiary/aromatic N) is 1. The Morgan fingerprint density at radius 1 is 1.20 bits per heavy atom. The van der Waals surface area contributed by atoms with E-state index in [1.54, 1.807) is 0 Å². The molecule has 0 radical (unpaired) electrons. The molecule has 0 fully saturated rings. The molecule has 4 nitrogen and oxygen atoms in total. The number of aromatic nitrogens is 2. The lowest BCUT2D eigenvalue weighted by atomic mass is 10.1. The molecule has 0 atom stereocenters. The van der Waals surface area contributed by atoms with E-state index in [0.29, 0.717) is 13.0 Å². The Morgan fingerprint density at radius 3 is 2.80 bits per heavy atom. The summed E-state index contributed by atoms with van der Waals surface area (Å²) in [5.74, 6) is 0.924. The van der Waals surface area contributed by atoms with Gasteiger partial charge in [0.05, 0.1) is 17.6 Å². The number of carbonyl (C=O) groups excluding carboxylic acids is 1. The van der Waals surface area contributed by atoms with E-state index in [-0.39, 0.29) is 5.91 Å². The highest BCUT2D eigenvalue weighted by Crippen LogP contribution is 2.10. The van der Waals surface area contributed by atoms with Crippen molar-refractivity contribution in [3.8, 4) is 0 Å². The highest BCUT2D eigenvalue weighted by atomic mass is 16.1. The van der Waals surface area contributed by atoms with E-state index >= 15 is 0 Å². The minimum absolute atomic E-state index is 0.113. The number of imidazole rings is 1. The third-order valence-electron chi connectivity index (χ3n) is 3.40. The maximum atomic E-state index is 11.7. The fourth-order valence-electron chi connectivity index (χ4n) is 2.25. The number of hydrogen-bond donors (Lipinski definition) is 2. The van der Waals surface area contributed by atoms with Gasteiger partial charge in [-0.15, -0.1) is 0 Å². The SMILES string of the molecule is CCCCCCCC(=O)NCc1nc2ccccc2[nH]1. The molecule has 2 rings (SSSR count). The summed E-state index contributed by atoms with van der Waals surface area (Å²) in [7, 11) is 0. The maximum absolute atomic E-state index is 11.7. The molecular formula is C16H23N3O. The summed E-state index contributed by atoms with van der Waals surface area (Å²) in [6.07, 6.45) is 6.47. The van der Waals surface area contributed by atoms with Gasteiger partial charge in [-0.05, 0) is 18.6 Å². The molecule has 20 heavy (non-hydrogen) atoms. The molecule has 4 heteroatoms. The van der Waals surface area contributed by atoms with Crippen LogP contribution in [0.4, 0.5) is 0 Å². The zero-order valence-electron chi connectivity index (χ0n) is 12.1. The molecule has 1 amide bonds. The topological polar surface area (TPSA) is 57.8 Å². The molecule has 0 unspecified atom stereocenters. The molecule has 0 spiro atoms. The molecule has 2 aromatic rings. The van der Waals surface area contributed by atoms with E-state index in [4.69, 9.17) is 0 Å². The van der Waals surface area contributed by atoms with Crippen LogP contribution >= 0.6 is 0 Å². The van der Waals surface area contributed by atoms with E-state index in [0.717, 1.165) is 29.7 Å². The second kappa shape index (κ2) is 7.68. The average molecular weight is 273 g/mol. The Bertz CT molecular complexity index is 514. The summed E-state index contributed by atoms with van der Waals surface area (Å²) in [4.78, 5) is 19.4. The minimum Gasteiger partial charge on any atom is -0.349 e. The highest BCUT2D eigenvalue weighted by Gasteiger charge is 2.04. The van der Waals surface area contributed by atoms with Crippen molar-refractivity contribution >= 4 is 16.9 Å². The predicted octanol–water partition coefficient (Wildman–Crippen LogP) is 3.54. The number of para-hydroxylation sites is 2. The molecule has 0 aliphatic rings. The van der Waals surface area contributed by atoms with Gasteiger partial charge in [-0.25, -0.2) is 4.98 Å². The van der Waals surface area contributed by atoms with Crippen LogP contribution in [-0.2, 0) is 11.3 Å². The van der Waals surface area contributed by atoms with Crippen LogP contribution in [0.15, 0.2) is 24.3 Å². The number of hydrogen-bond acceptors (Lipinski definition) is 2. The van der Waals surface area contributed by atoms with Crippen LogP contribution in [0.3, 0.4) is 0 Å². The number of unbranched alkanes of at least 4 members (excludes halogenated alkanes) is 4. The number of carbonyl (C=O) groups is 1. The molecule has 0 aliphatic carbocycles. The summed E-state index contributed by atoms with van der Waals surface area (Å²) >= 11 is 0. The van der Waals surface area contributed by atoms with Gasteiger partial charge in [-0.1, -0.05) is 44.7 Å². The van der Waals surface area contributed by atoms with Crippen molar-refractivity contribution < 1.29 is 4.79 Å². The molecule has 0 aliphatic heterocycles. The average Bonchev–Trinajstić information content (AvgIpc) is 2.88. The first-order valence-electron chi connectivity index (χ1n) is 7.50. The van der Waals surface area contributed by atoms with Crippen LogP contribution in [0.1, 0.15) is 51.3 Å². The normalized spacial score (nSPS) is 10.8. The summed E-state index contributed by atoms with van der Waals surface area (Å²) in [5, 5.41) is 2.92. The van der Waals surface area contributed by atoms with Gasteiger partial charge in [-0.3, -0.25) is 4.79 Å². The van der Waals surface area contributed by atoms with E-state index in [2.05, 4.69) is 22.2 Å². The predicted molar refractivity (Wildman–Crippen MR) is 81.3 cm³/mol. The van der Waals surface area contributed by atoms with Crippen LogP contribution in [0.5, 0.6) is 0 Å². The molecule has 0 saturated carbocycles. The summed E-state index contributed by atoms with van der Waals surface area (Å²) in [6.45, 7) is 2.67. The molecule has 1 heterocycles. The van der Waals surface area contributed by atoms with Gasteiger partial charge in [-0.2, -0.15) is 0 Å². The fraction of sp³-hybridized carbons (Fsp3) is 0.500. The molecule has 108 valence electrons. The van der Waals surface area contributed by atoms with Gasteiger partial charge in [0.2, 0.25) is 5.91 Å². The number of benzene rings is 1. The van der Waals surface area contributed by atoms with Gasteiger partial charge in [0, 0.05) is 6.42 Å². The van der Waals surface area contributed by atoms with Crippen LogP contribution in [0, 0.1) is 0 Å². The first kappa shape index (κ1) is 14.6. The lowest BCUT2D eigenvalue weighted by Gasteiger charge is -2.03. The zero-order valence-corrected chi connectivity index (χ0v) is 12.1. The van der Waals surface area contributed by atoms with Crippen LogP contribution in [-0.4, -0.2) is 15.9 Å². The van der Waals surface area contributed by atoms with Crippen molar-refractivity contribution in [1.29, 1.82) is 0 Å². The molecule has 1 aromatic carbocycles. The van der Waals surface area contributed by atoms with Crippen molar-refractivity contribution in [2.75, 3.05) is 0 Å². The van der Waals surface area contributed by atoms with Crippen molar-refractivity contribution in [2.45, 2.75) is 52.0 Å². The Morgan fingerprint density at radius 2 is 2.00 bits per heavy atom. The highest BCUT2D eigenvalue weighted by molar-refractivity contribution is 5.76. The number of amides is 1. The van der Waals surface area contributed by atoms with Crippen LogP contribution < -0.4 is 5.32 Å². The fourth-order valence-corrected chi connectivity index (χ4v) is 2.25. The quantitative estimate of drug-likeness (QED) is 0.723. The molecule has 0 saturated heterocycles. The van der Waals surface area contributed by atoms with Gasteiger partial charge < -0.3 is 10.3 Å². The first-order chi connectivity index (χ1) is 9.79. The number of aromatic amines is 1. The lowest BCUT2D eigenvalue weighted by Crippen LogP contribution is -2.22. The van der Waals surface area contributed by atoms with Gasteiger partial charge >= 0.3 is 0 Å². The second-order valence-corrected chi connectivity index (χ2v) is 5.14. The minimum atomic E-state index is 0.113. The number of rotatable bonds is 8. The molecular weight excluding hydrogens is 250 g/mol. The van der Waals surface area contributed by atoms with Crippen molar-refractivity contribution in [3.05, 3.63) is 30.1 Å². The monoisotopic (exact) mass is 273 g/mol. The van der Waals surface area contributed by atoms with Gasteiger partial charge in [0.15, 0.2) is 0 Å². The van der Waals surface area contributed by atoms with Gasteiger partial charge in [0.25, 0.3) is 0 Å². The van der Waals surface area contributed by atoms with E-state index in [9.17, 15) is 4.79 Å². The Labute approximate surface area is 120 Å². The molecule has 0 bridgehead atoms. The van der Waals surface area contributed by atoms with E-state index < -0.39 is 0 Å². The second-order valence-electron chi connectivity index (χ2n) is 5.14. The van der Waals surface area contributed by atoms with Crippen molar-refractivity contribution in [3.63, 3.8) is 0 Å². The van der Waals surface area contributed by atoms with Gasteiger partial charge in [0.1, 0.15) is 5.82 Å². The number of nitrogens with one attached hydrogen (secondary N) is 2. The first-order valence-corrected chi connectivity index (χ1v) is 7.50. The zero-order chi connectivity index (χ0) is 14.2. The largest absolute Gasteiger partial charge is 0.349 e. The van der Waals surface area contributed by atoms with E-state index in [1.165, 1.54) is 19.3 Å². The summed E-state index contributed by atoms with van der Waals surface area (Å²) in [6, 6.07) is 7.88. The van der Waals surface area contributed by atoms with E-state index in [1.807, 2.05) is 24.3 Å². The third kappa shape index (κ3) is 4.37. The maximum Gasteiger partial charge on any atom is 0.220 e. The summed E-state index contributed by atoms with van der Waals surface area (Å²) < 4.78 is 0. The molecule has 2 N–H and O–H groups in total. The number of H-pyrrole nitrogens is 1. The van der Waals surface area contributed by atoms with Crippen LogP contribution in [0.2, 0.25) is 0 Å².